The molecule has 1 unspecified atom stereocenters. The van der Waals surface area contributed by atoms with E-state index in [0.717, 1.165) is 6.92 Å². The van der Waals surface area contributed by atoms with E-state index in [9.17, 15) is 30.7 Å². The summed E-state index contributed by atoms with van der Waals surface area (Å²) in [5.74, 6) is 0. The van der Waals surface area contributed by atoms with Crippen LogP contribution in [-0.4, -0.2) is 22.8 Å². The smallest absolute Gasteiger partial charge is 0.224 e. The molecule has 0 spiro atoms. The molecule has 0 aromatic heterocycles. The highest BCUT2D eigenvalue weighted by Crippen LogP contribution is 2.49. The first kappa shape index (κ1) is 14.0. The maximum absolute atomic E-state index is 12.8. The summed E-state index contributed by atoms with van der Waals surface area (Å²) < 4.78 is 83.8. The van der Waals surface area contributed by atoms with E-state index in [1.54, 1.807) is 0 Å². The van der Waals surface area contributed by atoms with Crippen molar-refractivity contribution < 1.29 is 30.7 Å². The summed E-state index contributed by atoms with van der Waals surface area (Å²) in [6.07, 6.45) is -13.6. The second-order valence-electron chi connectivity index (χ2n) is 2.78. The Morgan fingerprint density at radius 1 is 0.929 bits per heavy atom. The van der Waals surface area contributed by atoms with E-state index >= 15 is 0 Å². The summed E-state index contributed by atoms with van der Waals surface area (Å²) in [6.45, 7) is 1.01. The van der Waals surface area contributed by atoms with Crippen molar-refractivity contribution in [3.05, 3.63) is 0 Å². The summed E-state index contributed by atoms with van der Waals surface area (Å²) in [7, 11) is 0. The molecule has 0 N–H and O–H groups in total. The lowest BCUT2D eigenvalue weighted by Crippen LogP contribution is -2.54. The van der Waals surface area contributed by atoms with Gasteiger partial charge in [-0.3, -0.25) is 0 Å². The summed E-state index contributed by atoms with van der Waals surface area (Å²) in [5, 5.41) is 0. The normalized spacial score (nSPS) is 16.9. The van der Waals surface area contributed by atoms with E-state index in [1.807, 2.05) is 0 Å². The third-order valence-corrected chi connectivity index (χ3v) is 1.78. The van der Waals surface area contributed by atoms with E-state index < -0.39 is 29.3 Å². The van der Waals surface area contributed by atoms with Crippen LogP contribution in [0.15, 0.2) is 0 Å². The van der Waals surface area contributed by atoms with Gasteiger partial charge in [-0.15, -0.1) is 0 Å². The molecule has 0 aliphatic heterocycles. The number of hydrogen-bond acceptors (Lipinski definition) is 0. The number of rotatable bonds is 2. The molecule has 0 nitrogen and oxygen atoms in total. The van der Waals surface area contributed by atoms with Crippen LogP contribution >= 0.6 is 15.9 Å². The fourth-order valence-electron chi connectivity index (χ4n) is 0.780. The molecule has 0 saturated carbocycles. The van der Waals surface area contributed by atoms with E-state index in [0.29, 0.717) is 0 Å². The van der Waals surface area contributed by atoms with Crippen molar-refractivity contribution in [1.29, 1.82) is 0 Å². The van der Waals surface area contributed by atoms with Crippen LogP contribution in [0.3, 0.4) is 0 Å². The van der Waals surface area contributed by atoms with Gasteiger partial charge in [-0.2, -0.15) is 26.3 Å². The van der Waals surface area contributed by atoms with E-state index in [1.165, 1.54) is 0 Å². The van der Waals surface area contributed by atoms with Crippen molar-refractivity contribution >= 4 is 15.9 Å². The van der Waals surface area contributed by atoms with Crippen molar-refractivity contribution in [2.45, 2.75) is 36.2 Å². The van der Waals surface area contributed by atoms with Crippen LogP contribution in [0.2, 0.25) is 0 Å². The Hall–Kier alpha value is -0.0100. The Morgan fingerprint density at radius 2 is 1.21 bits per heavy atom. The largest absolute Gasteiger partial charge is 0.431 e. The predicted octanol–water partition coefficient (Wildman–Crippen LogP) is 3.99. The fraction of sp³-hybridized carbons (Fsp3) is 1.00. The van der Waals surface area contributed by atoms with Gasteiger partial charge in [-0.05, 0) is 0 Å². The lowest BCUT2D eigenvalue weighted by atomic mass is 9.99. The van der Waals surface area contributed by atoms with E-state index in [2.05, 4.69) is 15.9 Å². The zero-order chi connectivity index (χ0) is 11.8. The van der Waals surface area contributed by atoms with Crippen molar-refractivity contribution in [1.82, 2.24) is 0 Å². The van der Waals surface area contributed by atoms with Crippen LogP contribution in [0.1, 0.15) is 13.3 Å². The second kappa shape index (κ2) is 3.86. The van der Waals surface area contributed by atoms with Crippen LogP contribution < -0.4 is 0 Å². The Morgan fingerprint density at radius 3 is 1.29 bits per heavy atom. The Balaban J connectivity index is 5.07. The molecule has 0 fully saturated rings. The highest BCUT2D eigenvalue weighted by Gasteiger charge is 2.72. The lowest BCUT2D eigenvalue weighted by Gasteiger charge is -2.30. The quantitative estimate of drug-likeness (QED) is 0.533. The molecule has 0 rings (SSSR count). The van der Waals surface area contributed by atoms with Crippen LogP contribution in [0.4, 0.5) is 30.7 Å². The third-order valence-electron chi connectivity index (χ3n) is 1.46. The molecular weight excluding hydrogens is 285 g/mol. The molecule has 86 valence electrons. The van der Waals surface area contributed by atoms with Gasteiger partial charge in [0, 0.05) is 11.2 Å². The molecule has 0 bridgehead atoms. The average Bonchev–Trinajstić information content (AvgIpc) is 1.79. The topological polar surface area (TPSA) is 0 Å². The minimum atomic E-state index is -5.95. The van der Waals surface area contributed by atoms with Gasteiger partial charge >= 0.3 is 12.4 Å². The molecule has 0 heterocycles. The van der Waals surface area contributed by atoms with Crippen molar-refractivity contribution in [2.75, 3.05) is 0 Å². The van der Waals surface area contributed by atoms with Gasteiger partial charge in [0.2, 0.25) is 0 Å². The third kappa shape index (κ3) is 2.74. The van der Waals surface area contributed by atoms with Gasteiger partial charge in [0.1, 0.15) is 0 Å². The Labute approximate surface area is 83.6 Å². The standard InChI is InChI=1S/C6H6BrF7/c1-3(7)2-4(8,5(9,10)11)6(12,13)14/h3H,2H2,1H3. The maximum Gasteiger partial charge on any atom is 0.431 e. The van der Waals surface area contributed by atoms with Crippen molar-refractivity contribution in [2.24, 2.45) is 0 Å². The fourth-order valence-corrected chi connectivity index (χ4v) is 1.23. The van der Waals surface area contributed by atoms with Crippen LogP contribution in [0, 0.1) is 0 Å². The molecule has 0 aromatic carbocycles. The molecular formula is C6H6BrF7. The van der Waals surface area contributed by atoms with Crippen molar-refractivity contribution in [3.63, 3.8) is 0 Å². The molecule has 1 atom stereocenters. The number of halogens is 8. The van der Waals surface area contributed by atoms with Crippen LogP contribution in [0.5, 0.6) is 0 Å². The summed E-state index contributed by atoms with van der Waals surface area (Å²) in [4.78, 5) is -1.23. The molecule has 0 aromatic rings. The monoisotopic (exact) mass is 290 g/mol. The van der Waals surface area contributed by atoms with Gasteiger partial charge in [-0.25, -0.2) is 4.39 Å². The maximum atomic E-state index is 12.8. The first-order valence-electron chi connectivity index (χ1n) is 3.38. The molecule has 0 radical (unpaired) electrons. The first-order valence-corrected chi connectivity index (χ1v) is 4.30. The van der Waals surface area contributed by atoms with Crippen LogP contribution in [-0.2, 0) is 0 Å². The van der Waals surface area contributed by atoms with Gasteiger partial charge in [-0.1, -0.05) is 22.9 Å². The minimum absolute atomic E-state index is 1.01. The van der Waals surface area contributed by atoms with Gasteiger partial charge < -0.3 is 0 Å². The molecule has 0 saturated heterocycles. The summed E-state index contributed by atoms with van der Waals surface area (Å²) in [6, 6.07) is 0. The number of hydrogen-bond donors (Lipinski definition) is 0. The molecule has 0 aliphatic rings. The van der Waals surface area contributed by atoms with Crippen LogP contribution in [0.25, 0.3) is 0 Å². The number of alkyl halides is 8. The minimum Gasteiger partial charge on any atom is -0.224 e. The van der Waals surface area contributed by atoms with Gasteiger partial charge in [0.05, 0.1) is 0 Å². The average molecular weight is 291 g/mol. The van der Waals surface area contributed by atoms with E-state index in [4.69, 9.17) is 0 Å². The summed E-state index contributed by atoms with van der Waals surface area (Å²) >= 11 is 2.46. The molecule has 0 amide bonds. The molecule has 14 heavy (non-hydrogen) atoms. The predicted molar refractivity (Wildman–Crippen MR) is 39.0 cm³/mol. The lowest BCUT2D eigenvalue weighted by molar-refractivity contribution is -0.342. The zero-order valence-electron chi connectivity index (χ0n) is 6.81. The molecule has 8 heteroatoms. The highest BCUT2D eigenvalue weighted by atomic mass is 79.9. The SMILES string of the molecule is CC(Br)CC(F)(C(F)(F)F)C(F)(F)F. The Bertz CT molecular complexity index is 177. The Kier molecular flexibility index (Phi) is 3.86. The van der Waals surface area contributed by atoms with E-state index in [-0.39, 0.29) is 0 Å². The second-order valence-corrected chi connectivity index (χ2v) is 4.34. The zero-order valence-corrected chi connectivity index (χ0v) is 8.39. The highest BCUT2D eigenvalue weighted by molar-refractivity contribution is 9.09. The van der Waals surface area contributed by atoms with Gasteiger partial charge in [0.25, 0.3) is 5.67 Å². The van der Waals surface area contributed by atoms with Gasteiger partial charge in [0.15, 0.2) is 0 Å². The first-order chi connectivity index (χ1) is 5.92. The molecule has 0 aliphatic carbocycles. The van der Waals surface area contributed by atoms with Crippen molar-refractivity contribution in [3.8, 4) is 0 Å². The summed E-state index contributed by atoms with van der Waals surface area (Å²) in [5.41, 5.74) is -5.15.